The van der Waals surface area contributed by atoms with E-state index in [0.717, 1.165) is 16.3 Å². The SMILES string of the molecule is O=C(NCCc1cccs1)c1cc2cccc(Br)c2o1. The summed E-state index contributed by atoms with van der Waals surface area (Å²) in [5.41, 5.74) is 0.705. The number of hydrogen-bond acceptors (Lipinski definition) is 3. The highest BCUT2D eigenvalue weighted by atomic mass is 79.9. The predicted octanol–water partition coefficient (Wildman–Crippen LogP) is 4.23. The zero-order valence-corrected chi connectivity index (χ0v) is 13.0. The summed E-state index contributed by atoms with van der Waals surface area (Å²) in [5, 5.41) is 5.83. The van der Waals surface area contributed by atoms with E-state index in [1.807, 2.05) is 29.6 Å². The van der Waals surface area contributed by atoms with Crippen LogP contribution in [0, 0.1) is 0 Å². The lowest BCUT2D eigenvalue weighted by Gasteiger charge is -2.01. The average Bonchev–Trinajstić information content (AvgIpc) is 3.07. The molecule has 1 N–H and O–H groups in total. The van der Waals surface area contributed by atoms with Crippen molar-refractivity contribution >= 4 is 44.1 Å². The van der Waals surface area contributed by atoms with Gasteiger partial charge in [0.2, 0.25) is 0 Å². The Kier molecular flexibility index (Phi) is 3.89. The normalized spacial score (nSPS) is 10.8. The highest BCUT2D eigenvalue weighted by molar-refractivity contribution is 9.10. The van der Waals surface area contributed by atoms with Crippen molar-refractivity contribution in [2.45, 2.75) is 6.42 Å². The fourth-order valence-corrected chi connectivity index (χ4v) is 3.15. The van der Waals surface area contributed by atoms with Gasteiger partial charge in [-0.3, -0.25) is 4.79 Å². The minimum Gasteiger partial charge on any atom is -0.450 e. The lowest BCUT2D eigenvalue weighted by molar-refractivity contribution is 0.0928. The van der Waals surface area contributed by atoms with E-state index < -0.39 is 0 Å². The highest BCUT2D eigenvalue weighted by Crippen LogP contribution is 2.26. The maximum atomic E-state index is 12.0. The largest absolute Gasteiger partial charge is 0.450 e. The number of furan rings is 1. The van der Waals surface area contributed by atoms with E-state index in [-0.39, 0.29) is 5.91 Å². The molecule has 3 aromatic rings. The Morgan fingerprint density at radius 2 is 2.20 bits per heavy atom. The van der Waals surface area contributed by atoms with E-state index in [9.17, 15) is 4.79 Å². The highest BCUT2D eigenvalue weighted by Gasteiger charge is 2.13. The number of carbonyl (C=O) groups excluding carboxylic acids is 1. The zero-order chi connectivity index (χ0) is 13.9. The molecule has 1 amide bonds. The number of halogens is 1. The van der Waals surface area contributed by atoms with Gasteiger partial charge < -0.3 is 9.73 Å². The van der Waals surface area contributed by atoms with Crippen molar-refractivity contribution in [2.24, 2.45) is 0 Å². The van der Waals surface area contributed by atoms with Crippen molar-refractivity contribution in [3.05, 3.63) is 56.9 Å². The van der Waals surface area contributed by atoms with E-state index in [2.05, 4.69) is 27.3 Å². The molecule has 102 valence electrons. The second-order valence-corrected chi connectivity index (χ2v) is 6.24. The number of para-hydroxylation sites is 1. The summed E-state index contributed by atoms with van der Waals surface area (Å²) in [4.78, 5) is 13.3. The van der Waals surface area contributed by atoms with Gasteiger partial charge >= 0.3 is 0 Å². The Hall–Kier alpha value is -1.59. The van der Waals surface area contributed by atoms with Crippen LogP contribution in [0.5, 0.6) is 0 Å². The maximum absolute atomic E-state index is 12.0. The minimum atomic E-state index is -0.176. The molecule has 2 heterocycles. The first-order valence-electron chi connectivity index (χ1n) is 6.22. The quantitative estimate of drug-likeness (QED) is 0.765. The van der Waals surface area contributed by atoms with Crippen LogP contribution in [0.4, 0.5) is 0 Å². The topological polar surface area (TPSA) is 42.2 Å². The minimum absolute atomic E-state index is 0.176. The molecule has 1 aromatic carbocycles. The molecule has 0 fully saturated rings. The molecule has 0 unspecified atom stereocenters. The van der Waals surface area contributed by atoms with Crippen LogP contribution in [0.3, 0.4) is 0 Å². The molecule has 3 nitrogen and oxygen atoms in total. The van der Waals surface area contributed by atoms with Crippen LogP contribution in [0.15, 0.2) is 50.7 Å². The molecule has 0 spiro atoms. The second kappa shape index (κ2) is 5.81. The molecule has 0 aliphatic carbocycles. The predicted molar refractivity (Wildman–Crippen MR) is 84.3 cm³/mol. The number of carbonyl (C=O) groups is 1. The van der Waals surface area contributed by atoms with Crippen molar-refractivity contribution in [1.82, 2.24) is 5.32 Å². The number of hydrogen-bond donors (Lipinski definition) is 1. The van der Waals surface area contributed by atoms with Crippen LogP contribution in [0.1, 0.15) is 15.4 Å². The Morgan fingerprint density at radius 1 is 1.30 bits per heavy atom. The molecule has 0 atom stereocenters. The van der Waals surface area contributed by atoms with Gasteiger partial charge in [0.25, 0.3) is 5.91 Å². The van der Waals surface area contributed by atoms with E-state index in [1.165, 1.54) is 4.88 Å². The first-order valence-corrected chi connectivity index (χ1v) is 7.90. The molecule has 0 bridgehead atoms. The van der Waals surface area contributed by atoms with Gasteiger partial charge in [0.1, 0.15) is 5.58 Å². The lowest BCUT2D eigenvalue weighted by atomic mass is 10.2. The monoisotopic (exact) mass is 349 g/mol. The molecule has 2 aromatic heterocycles. The Labute approximate surface area is 128 Å². The second-order valence-electron chi connectivity index (χ2n) is 4.35. The van der Waals surface area contributed by atoms with Gasteiger partial charge in [-0.05, 0) is 45.9 Å². The van der Waals surface area contributed by atoms with Gasteiger partial charge in [0.15, 0.2) is 5.76 Å². The fourth-order valence-electron chi connectivity index (χ4n) is 1.98. The van der Waals surface area contributed by atoms with Crippen molar-refractivity contribution < 1.29 is 9.21 Å². The molecule has 20 heavy (non-hydrogen) atoms. The average molecular weight is 350 g/mol. The van der Waals surface area contributed by atoms with Crippen LogP contribution in [-0.4, -0.2) is 12.5 Å². The van der Waals surface area contributed by atoms with Gasteiger partial charge in [-0.2, -0.15) is 0 Å². The first-order chi connectivity index (χ1) is 9.74. The zero-order valence-electron chi connectivity index (χ0n) is 10.6. The van der Waals surface area contributed by atoms with E-state index >= 15 is 0 Å². The molecular weight excluding hydrogens is 338 g/mol. The summed E-state index contributed by atoms with van der Waals surface area (Å²) in [7, 11) is 0. The van der Waals surface area contributed by atoms with Gasteiger partial charge in [-0.25, -0.2) is 0 Å². The van der Waals surface area contributed by atoms with Crippen molar-refractivity contribution in [2.75, 3.05) is 6.54 Å². The lowest BCUT2D eigenvalue weighted by Crippen LogP contribution is -2.24. The smallest absolute Gasteiger partial charge is 0.287 e. The molecule has 0 saturated carbocycles. The van der Waals surface area contributed by atoms with E-state index in [1.54, 1.807) is 17.4 Å². The first kappa shape index (κ1) is 13.4. The summed E-state index contributed by atoms with van der Waals surface area (Å²) in [6, 6.07) is 11.6. The summed E-state index contributed by atoms with van der Waals surface area (Å²) in [5.74, 6) is 0.169. The van der Waals surface area contributed by atoms with Crippen LogP contribution in [0.2, 0.25) is 0 Å². The van der Waals surface area contributed by atoms with Gasteiger partial charge in [-0.1, -0.05) is 18.2 Å². The molecule has 0 saturated heterocycles. The van der Waals surface area contributed by atoms with Crippen LogP contribution < -0.4 is 5.32 Å². The van der Waals surface area contributed by atoms with Crippen LogP contribution in [-0.2, 0) is 6.42 Å². The van der Waals surface area contributed by atoms with Gasteiger partial charge in [-0.15, -0.1) is 11.3 Å². The molecule has 3 rings (SSSR count). The van der Waals surface area contributed by atoms with Gasteiger partial charge in [0.05, 0.1) is 4.47 Å². The standard InChI is InChI=1S/C15H12BrNO2S/c16-12-5-1-3-10-9-13(19-14(10)12)15(18)17-7-6-11-4-2-8-20-11/h1-5,8-9H,6-7H2,(H,17,18). The van der Waals surface area contributed by atoms with Crippen molar-refractivity contribution in [1.29, 1.82) is 0 Å². The number of benzene rings is 1. The molecule has 0 aliphatic rings. The van der Waals surface area contributed by atoms with E-state index in [0.29, 0.717) is 17.9 Å². The fraction of sp³-hybridized carbons (Fsp3) is 0.133. The maximum Gasteiger partial charge on any atom is 0.287 e. The molecule has 5 heteroatoms. The molecular formula is C15H12BrNO2S. The van der Waals surface area contributed by atoms with Crippen molar-refractivity contribution in [3.63, 3.8) is 0 Å². The third-order valence-corrected chi connectivity index (χ3v) is 4.52. The summed E-state index contributed by atoms with van der Waals surface area (Å²) in [6.45, 7) is 0.609. The molecule has 0 radical (unpaired) electrons. The van der Waals surface area contributed by atoms with Crippen LogP contribution in [0.25, 0.3) is 11.0 Å². The summed E-state index contributed by atoms with van der Waals surface area (Å²) in [6.07, 6.45) is 0.841. The number of amides is 1. The number of rotatable bonds is 4. The third kappa shape index (κ3) is 2.78. The third-order valence-electron chi connectivity index (χ3n) is 2.96. The summed E-state index contributed by atoms with van der Waals surface area (Å²) >= 11 is 5.11. The number of fused-ring (bicyclic) bond motifs is 1. The Bertz CT molecular complexity index is 734. The number of thiophene rings is 1. The van der Waals surface area contributed by atoms with Crippen LogP contribution >= 0.6 is 27.3 Å². The van der Waals surface area contributed by atoms with Crippen molar-refractivity contribution in [3.8, 4) is 0 Å². The van der Waals surface area contributed by atoms with E-state index in [4.69, 9.17) is 4.42 Å². The Morgan fingerprint density at radius 3 is 2.95 bits per heavy atom. The molecule has 0 aliphatic heterocycles. The summed E-state index contributed by atoms with van der Waals surface area (Å²) < 4.78 is 6.45. The van der Waals surface area contributed by atoms with Gasteiger partial charge in [0, 0.05) is 16.8 Å². The Balaban J connectivity index is 1.68. The number of nitrogens with one attached hydrogen (secondary N) is 1.